The van der Waals surface area contributed by atoms with E-state index in [2.05, 4.69) is 50.5 Å². The third-order valence-corrected chi connectivity index (χ3v) is 12.1. The van der Waals surface area contributed by atoms with Gasteiger partial charge in [0.05, 0.1) is 0 Å². The first-order valence-electron chi connectivity index (χ1n) is 14.8. The zero-order valence-corrected chi connectivity index (χ0v) is 25.6. The molecule has 4 fully saturated rings. The van der Waals surface area contributed by atoms with Crippen LogP contribution in [0.3, 0.4) is 0 Å². The quantitative estimate of drug-likeness (QED) is 0.236. The summed E-state index contributed by atoms with van der Waals surface area (Å²) in [5.74, 6) is 2.43. The molecule has 6 heteroatoms. The smallest absolute Gasteiger partial charge is 0.303 e. The van der Waals surface area contributed by atoms with E-state index in [-0.39, 0.29) is 34.6 Å². The van der Waals surface area contributed by atoms with Gasteiger partial charge in [-0.05, 0) is 91.8 Å². The highest BCUT2D eigenvalue weighted by molar-refractivity contribution is 9.09. The summed E-state index contributed by atoms with van der Waals surface area (Å²) in [5, 5.41) is 0. The highest BCUT2D eigenvalue weighted by Crippen LogP contribution is 2.68. The minimum Gasteiger partial charge on any atom is -0.459 e. The van der Waals surface area contributed by atoms with Crippen molar-refractivity contribution in [1.82, 2.24) is 0 Å². The first-order valence-corrected chi connectivity index (χ1v) is 15.7. The summed E-state index contributed by atoms with van der Waals surface area (Å²) >= 11 is 3.82. The molecule has 4 aliphatic carbocycles. The van der Waals surface area contributed by atoms with Gasteiger partial charge in [-0.1, -0.05) is 50.5 Å². The minimum absolute atomic E-state index is 0.0741. The predicted molar refractivity (Wildman–Crippen MR) is 148 cm³/mol. The fraction of sp³-hybridized carbons (Fsp3) is 0.903. The summed E-state index contributed by atoms with van der Waals surface area (Å²) in [6, 6.07) is 0. The highest BCUT2D eigenvalue weighted by atomic mass is 79.9. The number of halogens is 1. The van der Waals surface area contributed by atoms with Crippen molar-refractivity contribution < 1.29 is 23.9 Å². The average Bonchev–Trinajstić information content (AvgIpc) is 3.14. The molecular weight excluding hydrogens is 532 g/mol. The van der Waals surface area contributed by atoms with E-state index in [9.17, 15) is 14.4 Å². The van der Waals surface area contributed by atoms with E-state index in [4.69, 9.17) is 9.47 Å². The zero-order valence-electron chi connectivity index (χ0n) is 24.1. The van der Waals surface area contributed by atoms with Gasteiger partial charge >= 0.3 is 11.9 Å². The van der Waals surface area contributed by atoms with Gasteiger partial charge in [0.15, 0.2) is 0 Å². The molecule has 0 aromatic rings. The van der Waals surface area contributed by atoms with Crippen LogP contribution in [0.1, 0.15) is 106 Å². The van der Waals surface area contributed by atoms with Crippen molar-refractivity contribution in [2.45, 2.75) is 123 Å². The second-order valence-electron chi connectivity index (χ2n) is 13.9. The average molecular weight is 582 g/mol. The Morgan fingerprint density at radius 1 is 0.946 bits per heavy atom. The Labute approximate surface area is 232 Å². The summed E-state index contributed by atoms with van der Waals surface area (Å²) in [5.41, 5.74) is 0.237. The molecule has 5 nitrogen and oxygen atoms in total. The topological polar surface area (TPSA) is 69.7 Å². The molecule has 4 saturated carbocycles. The summed E-state index contributed by atoms with van der Waals surface area (Å²) in [4.78, 5) is 38.3. The molecule has 0 aliphatic heterocycles. The standard InChI is InChI=1S/C31H49BrO5/c1-17(2)14-28(36-19(4)33)29(37-20(5)34)18(3)23-8-9-24-22-16-27(35)26-15-21(32)10-12-31(26,7)25(22)11-13-30(23,24)6/h17-18,21-26,28-29H,8-16H2,1-7H3/t18-,21-,22-,23+,24-,25-,26+,28?,29?,30+,31+/m0/s1. The van der Waals surface area contributed by atoms with Crippen LogP contribution in [0.25, 0.3) is 0 Å². The van der Waals surface area contributed by atoms with E-state index in [0.717, 1.165) is 38.5 Å². The molecule has 0 aromatic carbocycles. The lowest BCUT2D eigenvalue weighted by atomic mass is 9.44. The Bertz CT molecular complexity index is 887. The second-order valence-corrected chi connectivity index (χ2v) is 15.2. The molecule has 210 valence electrons. The molecule has 4 aliphatic rings. The number of carbonyl (C=O) groups is 3. The van der Waals surface area contributed by atoms with Crippen LogP contribution in [0.5, 0.6) is 0 Å². The van der Waals surface area contributed by atoms with Gasteiger partial charge < -0.3 is 9.47 Å². The number of fused-ring (bicyclic) bond motifs is 5. The first-order chi connectivity index (χ1) is 17.3. The Kier molecular flexibility index (Phi) is 8.59. The first kappa shape index (κ1) is 29.1. The second kappa shape index (κ2) is 10.9. The maximum atomic E-state index is 13.5. The van der Waals surface area contributed by atoms with Crippen LogP contribution in [0.4, 0.5) is 0 Å². The molecule has 0 radical (unpaired) electrons. The Morgan fingerprint density at radius 2 is 1.57 bits per heavy atom. The summed E-state index contributed by atoms with van der Waals surface area (Å²) in [6.45, 7) is 14.2. The number of Topliss-reactive ketones (excluding diaryl/α,β-unsaturated/α-hetero) is 1. The molecule has 0 spiro atoms. The van der Waals surface area contributed by atoms with E-state index < -0.39 is 12.2 Å². The molecule has 4 rings (SSSR count). The highest BCUT2D eigenvalue weighted by Gasteiger charge is 2.63. The number of esters is 2. The lowest BCUT2D eigenvalue weighted by molar-refractivity contribution is -0.176. The van der Waals surface area contributed by atoms with Gasteiger partial charge in [-0.2, -0.15) is 0 Å². The maximum absolute atomic E-state index is 13.5. The number of hydrogen-bond acceptors (Lipinski definition) is 5. The van der Waals surface area contributed by atoms with Crippen molar-refractivity contribution in [3.63, 3.8) is 0 Å². The number of ether oxygens (including phenoxy) is 2. The summed E-state index contributed by atoms with van der Waals surface area (Å²) in [6.07, 6.45) is 8.40. The molecular formula is C31H49BrO5. The van der Waals surface area contributed by atoms with Crippen molar-refractivity contribution in [2.24, 2.45) is 52.3 Å². The molecule has 0 saturated heterocycles. The maximum Gasteiger partial charge on any atom is 0.303 e. The SMILES string of the molecule is CC(=O)OC(CC(C)C)C(OC(C)=O)[C@@H](C)[C@H]1CC[C@H]2[C@@H]3CC(=O)[C@H]4C[C@@H](Br)CC[C@]4(C)[C@H]3CC[C@]12C. The van der Waals surface area contributed by atoms with E-state index in [1.54, 1.807) is 0 Å². The number of rotatable bonds is 7. The third-order valence-electron chi connectivity index (χ3n) is 11.3. The number of alkyl halides is 1. The molecule has 0 bridgehead atoms. The van der Waals surface area contributed by atoms with Gasteiger partial charge in [-0.25, -0.2) is 0 Å². The molecule has 2 unspecified atom stereocenters. The van der Waals surface area contributed by atoms with Gasteiger partial charge in [0.25, 0.3) is 0 Å². The van der Waals surface area contributed by atoms with Crippen LogP contribution in [0.2, 0.25) is 0 Å². The largest absolute Gasteiger partial charge is 0.459 e. The molecule has 11 atom stereocenters. The van der Waals surface area contributed by atoms with E-state index in [1.165, 1.54) is 26.7 Å². The fourth-order valence-corrected chi connectivity index (χ4v) is 10.4. The van der Waals surface area contributed by atoms with E-state index in [1.807, 2.05) is 0 Å². The Morgan fingerprint density at radius 3 is 2.19 bits per heavy atom. The van der Waals surface area contributed by atoms with Crippen LogP contribution < -0.4 is 0 Å². The van der Waals surface area contributed by atoms with Gasteiger partial charge in [-0.15, -0.1) is 0 Å². The van der Waals surface area contributed by atoms with Crippen molar-refractivity contribution in [3.8, 4) is 0 Å². The summed E-state index contributed by atoms with van der Waals surface area (Å²) in [7, 11) is 0. The van der Waals surface area contributed by atoms with Crippen LogP contribution in [0, 0.1) is 52.3 Å². The Hall–Kier alpha value is -0.910. The molecule has 0 N–H and O–H groups in total. The molecule has 0 amide bonds. The van der Waals surface area contributed by atoms with Gasteiger partial charge in [0.2, 0.25) is 0 Å². The van der Waals surface area contributed by atoms with Crippen molar-refractivity contribution in [3.05, 3.63) is 0 Å². The van der Waals surface area contributed by atoms with Crippen molar-refractivity contribution >= 4 is 33.7 Å². The van der Waals surface area contributed by atoms with Gasteiger partial charge in [-0.3, -0.25) is 14.4 Å². The molecule has 37 heavy (non-hydrogen) atoms. The monoisotopic (exact) mass is 580 g/mol. The Balaban J connectivity index is 1.60. The number of carbonyl (C=O) groups excluding carboxylic acids is 3. The third kappa shape index (κ3) is 5.43. The van der Waals surface area contributed by atoms with Crippen LogP contribution >= 0.6 is 15.9 Å². The van der Waals surface area contributed by atoms with Crippen molar-refractivity contribution in [2.75, 3.05) is 0 Å². The van der Waals surface area contributed by atoms with Crippen LogP contribution in [-0.4, -0.2) is 34.8 Å². The van der Waals surface area contributed by atoms with Gasteiger partial charge in [0, 0.05) is 36.9 Å². The van der Waals surface area contributed by atoms with E-state index in [0.29, 0.717) is 46.6 Å². The number of ketones is 1. The molecule has 0 heterocycles. The van der Waals surface area contributed by atoms with E-state index >= 15 is 0 Å². The fourth-order valence-electron chi connectivity index (χ4n) is 9.77. The minimum atomic E-state index is -0.453. The lowest BCUT2D eigenvalue weighted by Crippen LogP contribution is -2.57. The van der Waals surface area contributed by atoms with Crippen molar-refractivity contribution in [1.29, 1.82) is 0 Å². The zero-order chi connectivity index (χ0) is 27.3. The van der Waals surface area contributed by atoms with Crippen LogP contribution in [-0.2, 0) is 23.9 Å². The lowest BCUT2D eigenvalue weighted by Gasteiger charge is -2.60. The summed E-state index contributed by atoms with van der Waals surface area (Å²) < 4.78 is 11.7. The van der Waals surface area contributed by atoms with Gasteiger partial charge in [0.1, 0.15) is 18.0 Å². The predicted octanol–water partition coefficient (Wildman–Crippen LogP) is 7.13. The molecule has 0 aromatic heterocycles. The normalized spacial score (nSPS) is 41.7. The van der Waals surface area contributed by atoms with Crippen LogP contribution in [0.15, 0.2) is 0 Å². The number of hydrogen-bond donors (Lipinski definition) is 0.